The number of rotatable bonds is 2. The summed E-state index contributed by atoms with van der Waals surface area (Å²) in [7, 11) is 1.98. The molecular weight excluding hydrogens is 332 g/mol. The zero-order chi connectivity index (χ0) is 19.0. The summed E-state index contributed by atoms with van der Waals surface area (Å²) in [5.74, 6) is 0. The predicted molar refractivity (Wildman–Crippen MR) is 108 cm³/mol. The molecule has 0 fully saturated rings. The van der Waals surface area contributed by atoms with Crippen LogP contribution in [-0.2, 0) is 0 Å². The average Bonchev–Trinajstić information content (AvgIpc) is 2.98. The molecule has 3 aromatic rings. The first-order valence-electron chi connectivity index (χ1n) is 8.80. The Labute approximate surface area is 159 Å². The summed E-state index contributed by atoms with van der Waals surface area (Å²) >= 11 is 0. The largest absolute Gasteiger partial charge is 0.351 e. The van der Waals surface area contributed by atoms with E-state index < -0.39 is 0 Å². The van der Waals surface area contributed by atoms with Crippen LogP contribution < -0.4 is 9.80 Å². The number of hydrogen-bond donors (Lipinski definition) is 0. The molecule has 1 atom stereocenters. The van der Waals surface area contributed by atoms with Crippen molar-refractivity contribution < 1.29 is 0 Å². The van der Waals surface area contributed by atoms with E-state index >= 15 is 0 Å². The summed E-state index contributed by atoms with van der Waals surface area (Å²) < 4.78 is 0. The van der Waals surface area contributed by atoms with Gasteiger partial charge in [0.05, 0.1) is 28.6 Å². The van der Waals surface area contributed by atoms with Crippen LogP contribution in [0.4, 0.5) is 17.1 Å². The second kappa shape index (κ2) is 6.52. The summed E-state index contributed by atoms with van der Waals surface area (Å²) in [6, 6.07) is 26.6. The van der Waals surface area contributed by atoms with E-state index in [-0.39, 0.29) is 6.17 Å². The van der Waals surface area contributed by atoms with Crippen molar-refractivity contribution in [1.29, 1.82) is 10.5 Å². The van der Waals surface area contributed by atoms with Gasteiger partial charge in [0.25, 0.3) is 0 Å². The van der Waals surface area contributed by atoms with Crippen molar-refractivity contribution in [3.8, 4) is 23.3 Å². The first-order valence-corrected chi connectivity index (χ1v) is 8.80. The highest BCUT2D eigenvalue weighted by atomic mass is 15.4. The molecule has 1 heterocycles. The number of nitrogens with zero attached hydrogens (tertiary/aromatic N) is 4. The predicted octanol–water partition coefficient (Wildman–Crippen LogP) is 5.03. The van der Waals surface area contributed by atoms with E-state index in [4.69, 9.17) is 0 Å². The molecule has 4 nitrogen and oxygen atoms in total. The van der Waals surface area contributed by atoms with Crippen molar-refractivity contribution >= 4 is 17.1 Å². The van der Waals surface area contributed by atoms with Crippen LogP contribution in [0.1, 0.15) is 18.1 Å². The maximum absolute atomic E-state index is 9.54. The number of nitriles is 2. The topological polar surface area (TPSA) is 54.1 Å². The van der Waals surface area contributed by atoms with Crippen LogP contribution in [0.2, 0.25) is 0 Å². The van der Waals surface area contributed by atoms with E-state index in [9.17, 15) is 10.5 Å². The Kier molecular flexibility index (Phi) is 4.03. The molecular formula is C23H18N4. The van der Waals surface area contributed by atoms with Gasteiger partial charge >= 0.3 is 0 Å². The van der Waals surface area contributed by atoms with Crippen LogP contribution in [0.5, 0.6) is 0 Å². The summed E-state index contributed by atoms with van der Waals surface area (Å²) in [6.07, 6.45) is 0.0450. The average molecular weight is 350 g/mol. The second-order valence-electron chi connectivity index (χ2n) is 6.64. The number of fused-ring (bicyclic) bond motifs is 1. The second-order valence-corrected chi connectivity index (χ2v) is 6.64. The molecule has 0 unspecified atom stereocenters. The fourth-order valence-electron chi connectivity index (χ4n) is 3.68. The molecule has 0 radical (unpaired) electrons. The minimum Gasteiger partial charge on any atom is -0.351 e. The lowest BCUT2D eigenvalue weighted by molar-refractivity contribution is 0.734. The molecule has 0 aromatic heterocycles. The Morgan fingerprint density at radius 1 is 0.852 bits per heavy atom. The van der Waals surface area contributed by atoms with E-state index in [0.29, 0.717) is 11.1 Å². The van der Waals surface area contributed by atoms with Crippen molar-refractivity contribution in [2.24, 2.45) is 0 Å². The van der Waals surface area contributed by atoms with Gasteiger partial charge in [-0.2, -0.15) is 10.5 Å². The fraction of sp³-hybridized carbons (Fsp3) is 0.130. The zero-order valence-corrected chi connectivity index (χ0v) is 15.2. The Bertz CT molecular complexity index is 1070. The molecule has 0 aliphatic carbocycles. The lowest BCUT2D eigenvalue weighted by Crippen LogP contribution is -2.35. The highest BCUT2D eigenvalue weighted by Gasteiger charge is 2.34. The quantitative estimate of drug-likeness (QED) is 0.650. The fourth-order valence-corrected chi connectivity index (χ4v) is 3.68. The molecule has 4 rings (SSSR count). The number of benzene rings is 3. The smallest absolute Gasteiger partial charge is 0.103 e. The molecule has 27 heavy (non-hydrogen) atoms. The third-order valence-corrected chi connectivity index (χ3v) is 5.14. The van der Waals surface area contributed by atoms with Crippen LogP contribution in [0.3, 0.4) is 0 Å². The van der Waals surface area contributed by atoms with Crippen molar-refractivity contribution in [3.63, 3.8) is 0 Å². The Morgan fingerprint density at radius 3 is 2.15 bits per heavy atom. The van der Waals surface area contributed by atoms with Crippen LogP contribution in [0.15, 0.2) is 66.7 Å². The third-order valence-electron chi connectivity index (χ3n) is 5.14. The normalized spacial score (nSPS) is 15.2. The highest BCUT2D eigenvalue weighted by Crippen LogP contribution is 2.45. The summed E-state index contributed by atoms with van der Waals surface area (Å²) in [5.41, 5.74) is 6.16. The Hall–Kier alpha value is -3.76. The van der Waals surface area contributed by atoms with E-state index in [1.54, 1.807) is 6.07 Å². The molecule has 0 amide bonds. The molecule has 130 valence electrons. The number of anilines is 3. The van der Waals surface area contributed by atoms with E-state index in [2.05, 4.69) is 65.3 Å². The Morgan fingerprint density at radius 2 is 1.52 bits per heavy atom. The molecule has 1 aliphatic heterocycles. The van der Waals surface area contributed by atoms with Crippen molar-refractivity contribution in [1.82, 2.24) is 0 Å². The molecule has 1 aliphatic rings. The van der Waals surface area contributed by atoms with Crippen molar-refractivity contribution in [3.05, 3.63) is 77.9 Å². The van der Waals surface area contributed by atoms with Crippen molar-refractivity contribution in [2.75, 3.05) is 16.8 Å². The highest BCUT2D eigenvalue weighted by molar-refractivity contribution is 5.88. The van der Waals surface area contributed by atoms with Crippen LogP contribution in [-0.4, -0.2) is 13.2 Å². The molecule has 0 saturated heterocycles. The van der Waals surface area contributed by atoms with Gasteiger partial charge < -0.3 is 9.80 Å². The SMILES string of the molecule is C[C@H]1N(C)c2c(C#N)cc(C#N)cc2N1c1ccc(-c2ccccc2)cc1. The molecule has 0 saturated carbocycles. The third kappa shape index (κ3) is 2.69. The first kappa shape index (κ1) is 16.7. The van der Waals surface area contributed by atoms with Crippen molar-refractivity contribution in [2.45, 2.75) is 13.1 Å². The molecule has 3 aromatic carbocycles. The van der Waals surface area contributed by atoms with Crippen LogP contribution in [0.25, 0.3) is 11.1 Å². The standard InChI is InChI=1S/C23H18N4/c1-16-26(2)23-20(15-25)12-17(14-24)13-22(23)27(16)21-10-8-19(9-11-21)18-6-4-3-5-7-18/h3-13,16H,1-2H3/t16-/m0/s1. The summed E-state index contributed by atoms with van der Waals surface area (Å²) in [5, 5.41) is 18.9. The Balaban J connectivity index is 1.80. The maximum atomic E-state index is 9.54. The lowest BCUT2D eigenvalue weighted by atomic mass is 10.0. The monoisotopic (exact) mass is 350 g/mol. The molecule has 4 heteroatoms. The molecule has 0 N–H and O–H groups in total. The van der Waals surface area contributed by atoms with Gasteiger partial charge in [-0.25, -0.2) is 0 Å². The maximum Gasteiger partial charge on any atom is 0.103 e. The lowest BCUT2D eigenvalue weighted by Gasteiger charge is -2.27. The van der Waals surface area contributed by atoms with Gasteiger partial charge in [0.2, 0.25) is 0 Å². The van der Waals surface area contributed by atoms with Gasteiger partial charge in [0.15, 0.2) is 0 Å². The van der Waals surface area contributed by atoms with E-state index in [1.165, 1.54) is 5.56 Å². The molecule has 0 bridgehead atoms. The number of hydrogen-bond acceptors (Lipinski definition) is 4. The van der Waals surface area contributed by atoms with Crippen LogP contribution >= 0.6 is 0 Å². The van der Waals surface area contributed by atoms with Gasteiger partial charge in [-0.1, -0.05) is 42.5 Å². The summed E-state index contributed by atoms with van der Waals surface area (Å²) in [6.45, 7) is 2.10. The zero-order valence-electron chi connectivity index (χ0n) is 15.2. The minimum atomic E-state index is 0.0450. The van der Waals surface area contributed by atoms with E-state index in [1.807, 2.05) is 31.3 Å². The van der Waals surface area contributed by atoms with Gasteiger partial charge in [0, 0.05) is 12.7 Å². The molecule has 0 spiro atoms. The van der Waals surface area contributed by atoms with Gasteiger partial charge in [-0.05, 0) is 42.3 Å². The van der Waals surface area contributed by atoms with Gasteiger partial charge in [0.1, 0.15) is 12.2 Å². The first-order chi connectivity index (χ1) is 13.1. The van der Waals surface area contributed by atoms with Gasteiger partial charge in [-0.3, -0.25) is 0 Å². The van der Waals surface area contributed by atoms with E-state index in [0.717, 1.165) is 22.6 Å². The minimum absolute atomic E-state index is 0.0450. The van der Waals surface area contributed by atoms with Crippen LogP contribution in [0, 0.1) is 22.7 Å². The van der Waals surface area contributed by atoms with Gasteiger partial charge in [-0.15, -0.1) is 0 Å². The summed E-state index contributed by atoms with van der Waals surface area (Å²) in [4.78, 5) is 4.26.